The van der Waals surface area contributed by atoms with Crippen molar-refractivity contribution in [3.05, 3.63) is 21.7 Å². The molecule has 0 fully saturated rings. The molecular weight excluding hydrogens is 256 g/mol. The first-order valence-corrected chi connectivity index (χ1v) is 5.09. The molecule has 0 unspecified atom stereocenters. The highest BCUT2D eigenvalue weighted by Crippen LogP contribution is 2.29. The van der Waals surface area contributed by atoms with Crippen LogP contribution in [0.15, 0.2) is 20.4 Å². The number of rotatable bonds is 2. The number of halogens is 1. The topological polar surface area (TPSA) is 59.2 Å². The molecule has 0 aromatic carbocycles. The minimum atomic E-state index is -0.198. The van der Waals surface area contributed by atoms with E-state index < -0.39 is 0 Å². The van der Waals surface area contributed by atoms with Gasteiger partial charge in [-0.3, -0.25) is 0 Å². The number of aromatic nitrogens is 2. The summed E-state index contributed by atoms with van der Waals surface area (Å²) < 4.78 is 5.93. The Bertz CT molecular complexity index is 412. The van der Waals surface area contributed by atoms with Gasteiger partial charge in [-0.1, -0.05) is 5.16 Å². The van der Waals surface area contributed by atoms with Gasteiger partial charge in [0.2, 0.25) is 0 Å². The molecular formula is C7H5BrN2O2S. The minimum absolute atomic E-state index is 0.198. The highest BCUT2D eigenvalue weighted by atomic mass is 79.9. The van der Waals surface area contributed by atoms with E-state index in [1.807, 2.05) is 12.1 Å². The van der Waals surface area contributed by atoms with Gasteiger partial charge in [-0.05, 0) is 28.1 Å². The van der Waals surface area contributed by atoms with E-state index in [1.165, 1.54) is 11.3 Å². The molecule has 0 aliphatic heterocycles. The number of hydrogen-bond acceptors (Lipinski definition) is 5. The molecule has 13 heavy (non-hydrogen) atoms. The van der Waals surface area contributed by atoms with Crippen molar-refractivity contribution in [1.82, 2.24) is 10.1 Å². The molecule has 6 heteroatoms. The zero-order valence-electron chi connectivity index (χ0n) is 6.40. The Morgan fingerprint density at radius 1 is 1.54 bits per heavy atom. The molecule has 0 aliphatic carbocycles. The fraction of sp³-hybridized carbons (Fsp3) is 0.143. The first-order valence-electron chi connectivity index (χ1n) is 3.49. The molecule has 4 nitrogen and oxygen atoms in total. The third-order valence-corrected chi connectivity index (χ3v) is 3.01. The summed E-state index contributed by atoms with van der Waals surface area (Å²) >= 11 is 4.84. The van der Waals surface area contributed by atoms with Crippen molar-refractivity contribution in [3.8, 4) is 10.8 Å². The normalized spacial score (nSPS) is 10.6. The summed E-state index contributed by atoms with van der Waals surface area (Å²) in [5, 5.41) is 12.3. The van der Waals surface area contributed by atoms with Gasteiger partial charge in [0.15, 0.2) is 5.82 Å². The highest BCUT2D eigenvalue weighted by molar-refractivity contribution is 9.11. The molecule has 2 heterocycles. The summed E-state index contributed by atoms with van der Waals surface area (Å²) in [6, 6.07) is 3.78. The molecule has 68 valence electrons. The summed E-state index contributed by atoms with van der Waals surface area (Å²) in [5.41, 5.74) is 0. The summed E-state index contributed by atoms with van der Waals surface area (Å²) in [7, 11) is 0. The van der Waals surface area contributed by atoms with Crippen LogP contribution in [-0.4, -0.2) is 15.2 Å². The molecule has 0 saturated heterocycles. The molecule has 0 atom stereocenters. The quantitative estimate of drug-likeness (QED) is 0.898. The van der Waals surface area contributed by atoms with Crippen molar-refractivity contribution in [1.29, 1.82) is 0 Å². The van der Waals surface area contributed by atoms with Gasteiger partial charge in [-0.15, -0.1) is 11.3 Å². The minimum Gasteiger partial charge on any atom is -0.388 e. The van der Waals surface area contributed by atoms with E-state index in [4.69, 9.17) is 9.63 Å². The zero-order valence-corrected chi connectivity index (χ0v) is 8.80. The summed E-state index contributed by atoms with van der Waals surface area (Å²) in [6.07, 6.45) is 0. The van der Waals surface area contributed by atoms with E-state index in [1.54, 1.807) is 0 Å². The largest absolute Gasteiger partial charge is 0.388 e. The predicted molar refractivity (Wildman–Crippen MR) is 51.2 cm³/mol. The first kappa shape index (κ1) is 8.86. The van der Waals surface area contributed by atoms with Crippen LogP contribution in [0.1, 0.15) is 5.82 Å². The molecule has 2 aromatic rings. The zero-order chi connectivity index (χ0) is 9.26. The Hall–Kier alpha value is -0.720. The van der Waals surface area contributed by atoms with Crippen LogP contribution in [0.5, 0.6) is 0 Å². The Morgan fingerprint density at radius 3 is 2.92 bits per heavy atom. The van der Waals surface area contributed by atoms with Gasteiger partial charge in [-0.2, -0.15) is 4.98 Å². The summed E-state index contributed by atoms with van der Waals surface area (Å²) in [6.45, 7) is -0.198. The van der Waals surface area contributed by atoms with Crippen molar-refractivity contribution in [3.63, 3.8) is 0 Å². The van der Waals surface area contributed by atoms with E-state index in [-0.39, 0.29) is 6.61 Å². The van der Waals surface area contributed by atoms with Crippen LogP contribution in [0.2, 0.25) is 0 Å². The fourth-order valence-corrected chi connectivity index (χ4v) is 2.16. The van der Waals surface area contributed by atoms with Crippen molar-refractivity contribution in [2.45, 2.75) is 6.61 Å². The summed E-state index contributed by atoms with van der Waals surface area (Å²) in [4.78, 5) is 4.86. The second-order valence-corrected chi connectivity index (χ2v) is 4.74. The number of aliphatic hydroxyl groups is 1. The maximum atomic E-state index is 8.71. The molecule has 2 aromatic heterocycles. The molecule has 1 N–H and O–H groups in total. The van der Waals surface area contributed by atoms with E-state index in [9.17, 15) is 0 Å². The molecule has 2 rings (SSSR count). The Kier molecular flexibility index (Phi) is 2.43. The molecule has 0 bridgehead atoms. The van der Waals surface area contributed by atoms with Crippen LogP contribution in [-0.2, 0) is 6.61 Å². The summed E-state index contributed by atoms with van der Waals surface area (Å²) in [5.74, 6) is 0.749. The van der Waals surface area contributed by atoms with Crippen molar-refractivity contribution in [2.24, 2.45) is 0 Å². The van der Waals surface area contributed by atoms with Gasteiger partial charge in [-0.25, -0.2) is 0 Å². The molecule has 0 spiro atoms. The van der Waals surface area contributed by atoms with Crippen LogP contribution >= 0.6 is 27.3 Å². The van der Waals surface area contributed by atoms with Gasteiger partial charge in [0.1, 0.15) is 6.61 Å². The monoisotopic (exact) mass is 260 g/mol. The van der Waals surface area contributed by atoms with E-state index in [0.717, 1.165) is 8.66 Å². The van der Waals surface area contributed by atoms with Crippen LogP contribution in [0, 0.1) is 0 Å². The molecule has 0 amide bonds. The number of thiophene rings is 1. The lowest BCUT2D eigenvalue weighted by Crippen LogP contribution is -1.83. The third kappa shape index (κ3) is 1.79. The van der Waals surface area contributed by atoms with E-state index in [0.29, 0.717) is 11.7 Å². The van der Waals surface area contributed by atoms with Crippen molar-refractivity contribution >= 4 is 27.3 Å². The second kappa shape index (κ2) is 3.57. The van der Waals surface area contributed by atoms with Crippen LogP contribution in [0.3, 0.4) is 0 Å². The van der Waals surface area contributed by atoms with Crippen LogP contribution in [0.25, 0.3) is 10.8 Å². The Morgan fingerprint density at radius 2 is 2.38 bits per heavy atom. The lowest BCUT2D eigenvalue weighted by Gasteiger charge is -1.82. The highest BCUT2D eigenvalue weighted by Gasteiger charge is 2.09. The number of nitrogens with zero attached hydrogens (tertiary/aromatic N) is 2. The Balaban J connectivity index is 2.35. The average Bonchev–Trinajstić information content (AvgIpc) is 2.71. The van der Waals surface area contributed by atoms with Crippen molar-refractivity contribution in [2.75, 3.05) is 0 Å². The maximum absolute atomic E-state index is 8.71. The van der Waals surface area contributed by atoms with Crippen LogP contribution in [0.4, 0.5) is 0 Å². The van der Waals surface area contributed by atoms with Gasteiger partial charge in [0, 0.05) is 0 Å². The van der Waals surface area contributed by atoms with E-state index >= 15 is 0 Å². The molecule has 0 radical (unpaired) electrons. The predicted octanol–water partition coefficient (Wildman–Crippen LogP) is 2.05. The van der Waals surface area contributed by atoms with Gasteiger partial charge >= 0.3 is 0 Å². The third-order valence-electron chi connectivity index (χ3n) is 1.39. The smallest absolute Gasteiger partial charge is 0.268 e. The maximum Gasteiger partial charge on any atom is 0.268 e. The van der Waals surface area contributed by atoms with Gasteiger partial charge < -0.3 is 9.63 Å². The van der Waals surface area contributed by atoms with Gasteiger partial charge in [0.25, 0.3) is 5.89 Å². The van der Waals surface area contributed by atoms with Gasteiger partial charge in [0.05, 0.1) is 8.66 Å². The fourth-order valence-electron chi connectivity index (χ4n) is 0.848. The average molecular weight is 261 g/mol. The Labute approximate surface area is 86.3 Å². The SMILES string of the molecule is OCc1noc(-c2ccc(Br)s2)n1. The lowest BCUT2D eigenvalue weighted by molar-refractivity contribution is 0.264. The standard InChI is InChI=1S/C7H5BrN2O2S/c8-5-2-1-4(13-5)7-9-6(3-11)10-12-7/h1-2,11H,3H2. The molecule has 0 aliphatic rings. The first-order chi connectivity index (χ1) is 6.29. The number of aliphatic hydroxyl groups excluding tert-OH is 1. The van der Waals surface area contributed by atoms with Crippen molar-refractivity contribution < 1.29 is 9.63 Å². The molecule has 0 saturated carbocycles. The lowest BCUT2D eigenvalue weighted by atomic mass is 10.5. The number of hydrogen-bond donors (Lipinski definition) is 1. The van der Waals surface area contributed by atoms with E-state index in [2.05, 4.69) is 26.1 Å². The second-order valence-electron chi connectivity index (χ2n) is 2.28. The van der Waals surface area contributed by atoms with Crippen LogP contribution < -0.4 is 0 Å².